The number of hydrogen-bond donors (Lipinski definition) is 2. The van der Waals surface area contributed by atoms with Gasteiger partial charge in [0.25, 0.3) is 0 Å². The molecule has 0 radical (unpaired) electrons. The van der Waals surface area contributed by atoms with Crippen molar-refractivity contribution < 1.29 is 0 Å². The lowest BCUT2D eigenvalue weighted by Crippen LogP contribution is -2.27. The fraction of sp³-hybridized carbons (Fsp3) is 0.571. The van der Waals surface area contributed by atoms with Crippen LogP contribution >= 0.6 is 0 Å². The Morgan fingerprint density at radius 3 is 2.50 bits per heavy atom. The first-order chi connectivity index (χ1) is 7.73. The van der Waals surface area contributed by atoms with Gasteiger partial charge in [0.15, 0.2) is 0 Å². The number of nitrogens with one attached hydrogen (secondary N) is 2. The molecule has 1 aromatic rings. The third kappa shape index (κ3) is 3.06. The van der Waals surface area contributed by atoms with E-state index in [4.69, 9.17) is 0 Å². The van der Waals surface area contributed by atoms with Crippen molar-refractivity contribution in [1.82, 2.24) is 10.6 Å². The van der Waals surface area contributed by atoms with Gasteiger partial charge in [-0.15, -0.1) is 0 Å². The minimum absolute atomic E-state index is 0.427. The molecule has 0 spiro atoms. The third-order valence-corrected chi connectivity index (χ3v) is 3.47. The van der Waals surface area contributed by atoms with Crippen LogP contribution in [0.25, 0.3) is 0 Å². The molecular formula is C14H22N2. The number of benzene rings is 1. The molecule has 88 valence electrons. The molecule has 0 heterocycles. The van der Waals surface area contributed by atoms with Crippen molar-refractivity contribution in [3.8, 4) is 0 Å². The largest absolute Gasteiger partial charge is 0.319 e. The van der Waals surface area contributed by atoms with Crippen LogP contribution < -0.4 is 10.6 Å². The van der Waals surface area contributed by atoms with Gasteiger partial charge >= 0.3 is 0 Å². The molecule has 16 heavy (non-hydrogen) atoms. The minimum Gasteiger partial charge on any atom is -0.319 e. The molecule has 2 heteroatoms. The lowest BCUT2D eigenvalue weighted by atomic mass is 10.0. The zero-order chi connectivity index (χ0) is 11.4. The maximum absolute atomic E-state index is 3.65. The summed E-state index contributed by atoms with van der Waals surface area (Å²) in [6, 6.07) is 8.75. The van der Waals surface area contributed by atoms with Crippen molar-refractivity contribution in [3.05, 3.63) is 35.4 Å². The molecule has 0 unspecified atom stereocenters. The summed E-state index contributed by atoms with van der Waals surface area (Å²) in [5.74, 6) is 0. The van der Waals surface area contributed by atoms with Crippen molar-refractivity contribution in [2.24, 2.45) is 0 Å². The quantitative estimate of drug-likeness (QED) is 0.764. The molecule has 2 rings (SSSR count). The topological polar surface area (TPSA) is 24.1 Å². The van der Waals surface area contributed by atoms with E-state index in [-0.39, 0.29) is 0 Å². The summed E-state index contributed by atoms with van der Waals surface area (Å²) in [4.78, 5) is 0. The van der Waals surface area contributed by atoms with Crippen molar-refractivity contribution in [2.75, 3.05) is 13.6 Å². The minimum atomic E-state index is 0.427. The van der Waals surface area contributed by atoms with Gasteiger partial charge in [-0.3, -0.25) is 0 Å². The predicted molar refractivity (Wildman–Crippen MR) is 68.6 cm³/mol. The monoisotopic (exact) mass is 218 g/mol. The molecule has 1 aromatic carbocycles. The van der Waals surface area contributed by atoms with E-state index in [1.807, 2.05) is 7.05 Å². The van der Waals surface area contributed by atoms with E-state index in [1.54, 1.807) is 0 Å². The second-order valence-corrected chi connectivity index (χ2v) is 5.04. The average Bonchev–Trinajstić information content (AvgIpc) is 3.04. The fourth-order valence-electron chi connectivity index (χ4n) is 1.91. The van der Waals surface area contributed by atoms with Gasteiger partial charge in [0.2, 0.25) is 0 Å². The van der Waals surface area contributed by atoms with Crippen LogP contribution in [0.2, 0.25) is 0 Å². The Bertz CT molecular complexity index is 342. The van der Waals surface area contributed by atoms with Gasteiger partial charge in [0.1, 0.15) is 0 Å². The highest BCUT2D eigenvalue weighted by atomic mass is 15.0. The van der Waals surface area contributed by atoms with Gasteiger partial charge in [0, 0.05) is 12.1 Å². The van der Waals surface area contributed by atoms with Crippen LogP contribution in [0, 0.1) is 0 Å². The van der Waals surface area contributed by atoms with E-state index < -0.39 is 0 Å². The zero-order valence-corrected chi connectivity index (χ0v) is 10.3. The van der Waals surface area contributed by atoms with Crippen molar-refractivity contribution in [3.63, 3.8) is 0 Å². The first-order valence-corrected chi connectivity index (χ1v) is 6.20. The van der Waals surface area contributed by atoms with E-state index in [9.17, 15) is 0 Å². The Morgan fingerprint density at radius 1 is 1.19 bits per heavy atom. The van der Waals surface area contributed by atoms with Gasteiger partial charge in [-0.25, -0.2) is 0 Å². The van der Waals surface area contributed by atoms with Crippen molar-refractivity contribution >= 4 is 0 Å². The van der Waals surface area contributed by atoms with Crippen LogP contribution in [0.1, 0.15) is 30.9 Å². The summed E-state index contributed by atoms with van der Waals surface area (Å²) >= 11 is 0. The van der Waals surface area contributed by atoms with E-state index in [2.05, 4.69) is 41.8 Å². The molecule has 1 aliphatic rings. The molecule has 0 aromatic heterocycles. The molecule has 0 bridgehead atoms. The van der Waals surface area contributed by atoms with Gasteiger partial charge in [0.05, 0.1) is 0 Å². The number of hydrogen-bond acceptors (Lipinski definition) is 2. The summed E-state index contributed by atoms with van der Waals surface area (Å²) in [5.41, 5.74) is 3.34. The van der Waals surface area contributed by atoms with E-state index in [0.717, 1.165) is 19.5 Å². The summed E-state index contributed by atoms with van der Waals surface area (Å²) in [6.07, 6.45) is 3.77. The molecule has 0 aliphatic heterocycles. The molecule has 2 nitrogen and oxygen atoms in total. The molecular weight excluding hydrogens is 196 g/mol. The molecule has 1 saturated carbocycles. The lowest BCUT2D eigenvalue weighted by Gasteiger charge is -2.14. The Hall–Kier alpha value is -0.860. The highest BCUT2D eigenvalue weighted by Gasteiger charge is 2.36. The highest BCUT2D eigenvalue weighted by molar-refractivity contribution is 5.27. The summed E-state index contributed by atoms with van der Waals surface area (Å²) in [5, 5.41) is 6.85. The molecule has 0 saturated heterocycles. The fourth-order valence-corrected chi connectivity index (χ4v) is 1.91. The lowest BCUT2D eigenvalue weighted by molar-refractivity contribution is 0.535. The molecule has 1 aliphatic carbocycles. The number of rotatable bonds is 6. The van der Waals surface area contributed by atoms with Crippen molar-refractivity contribution in [1.29, 1.82) is 0 Å². The van der Waals surface area contributed by atoms with Gasteiger partial charge < -0.3 is 10.6 Å². The summed E-state index contributed by atoms with van der Waals surface area (Å²) in [6.45, 7) is 4.37. The first kappa shape index (κ1) is 11.6. The standard InChI is InChI=1S/C14H22N2/c1-14(8-9-14)16-11-13-6-4-3-5-12(13)7-10-15-2/h3-6,15-16H,7-11H2,1-2H3. The van der Waals surface area contributed by atoms with Crippen LogP contribution in [0.15, 0.2) is 24.3 Å². The second kappa shape index (κ2) is 4.98. The summed E-state index contributed by atoms with van der Waals surface area (Å²) in [7, 11) is 2.01. The number of likely N-dealkylation sites (N-methyl/N-ethyl adjacent to an activating group) is 1. The Morgan fingerprint density at radius 2 is 1.88 bits per heavy atom. The average molecular weight is 218 g/mol. The van der Waals surface area contributed by atoms with Gasteiger partial charge in [-0.2, -0.15) is 0 Å². The Balaban J connectivity index is 1.95. The Kier molecular flexibility index (Phi) is 3.62. The summed E-state index contributed by atoms with van der Waals surface area (Å²) < 4.78 is 0. The van der Waals surface area contributed by atoms with Crippen LogP contribution in [0.3, 0.4) is 0 Å². The van der Waals surface area contributed by atoms with Crippen LogP contribution in [0.5, 0.6) is 0 Å². The van der Waals surface area contributed by atoms with E-state index in [0.29, 0.717) is 5.54 Å². The molecule has 2 N–H and O–H groups in total. The third-order valence-electron chi connectivity index (χ3n) is 3.47. The van der Waals surface area contributed by atoms with Crippen LogP contribution in [-0.2, 0) is 13.0 Å². The van der Waals surface area contributed by atoms with Gasteiger partial charge in [-0.05, 0) is 50.9 Å². The van der Waals surface area contributed by atoms with Crippen LogP contribution in [-0.4, -0.2) is 19.1 Å². The van der Waals surface area contributed by atoms with E-state index in [1.165, 1.54) is 24.0 Å². The second-order valence-electron chi connectivity index (χ2n) is 5.04. The van der Waals surface area contributed by atoms with Gasteiger partial charge in [-0.1, -0.05) is 24.3 Å². The highest BCUT2D eigenvalue weighted by Crippen LogP contribution is 2.34. The predicted octanol–water partition coefficient (Wildman–Crippen LogP) is 2.09. The molecule has 0 atom stereocenters. The first-order valence-electron chi connectivity index (χ1n) is 6.20. The smallest absolute Gasteiger partial charge is 0.0213 e. The van der Waals surface area contributed by atoms with Crippen molar-refractivity contribution in [2.45, 2.75) is 38.3 Å². The van der Waals surface area contributed by atoms with Crippen LogP contribution in [0.4, 0.5) is 0 Å². The zero-order valence-electron chi connectivity index (χ0n) is 10.3. The maximum atomic E-state index is 3.65. The maximum Gasteiger partial charge on any atom is 0.0213 e. The molecule has 0 amide bonds. The normalized spacial score (nSPS) is 17.4. The molecule has 1 fully saturated rings. The van der Waals surface area contributed by atoms with E-state index >= 15 is 0 Å². The Labute approximate surface area is 98.4 Å². The SMILES string of the molecule is CNCCc1ccccc1CNC1(C)CC1.